The molecule has 0 spiro atoms. The van der Waals surface area contributed by atoms with E-state index in [1.54, 1.807) is 0 Å². The molecule has 2 heterocycles. The second kappa shape index (κ2) is 9.08. The lowest BCUT2D eigenvalue weighted by atomic mass is 9.98. The van der Waals surface area contributed by atoms with Gasteiger partial charge in [-0.3, -0.25) is 0 Å². The third-order valence-corrected chi connectivity index (χ3v) is 5.66. The SMILES string of the molecule is COc1cc(C2[OH+]c3cc(O)cc(O)c3C=C2O[C@@H]2O[C@H](CO)[C@H](O)[C@H](O)[C@H]2O)cc(O)c1O. The Kier molecular flexibility index (Phi) is 6.34. The van der Waals surface area contributed by atoms with E-state index in [1.807, 2.05) is 0 Å². The zero-order chi connectivity index (χ0) is 24.7. The molecule has 34 heavy (non-hydrogen) atoms. The fourth-order valence-electron chi connectivity index (χ4n) is 3.85. The van der Waals surface area contributed by atoms with Gasteiger partial charge in [-0.1, -0.05) is 0 Å². The Balaban J connectivity index is 1.77. The Hall–Kier alpha value is -3.42. The molecule has 184 valence electrons. The molecule has 12 nitrogen and oxygen atoms in total. The maximum absolute atomic E-state index is 10.4. The molecule has 2 aromatic rings. The fourth-order valence-corrected chi connectivity index (χ4v) is 3.85. The van der Waals surface area contributed by atoms with Crippen LogP contribution in [-0.2, 0) is 9.47 Å². The first-order valence-corrected chi connectivity index (χ1v) is 10.2. The molecule has 2 aromatic carbocycles. The lowest BCUT2D eigenvalue weighted by Gasteiger charge is -2.40. The quantitative estimate of drug-likeness (QED) is 0.205. The van der Waals surface area contributed by atoms with Gasteiger partial charge in [-0.15, -0.1) is 0 Å². The molecule has 0 amide bonds. The summed E-state index contributed by atoms with van der Waals surface area (Å²) < 4.78 is 20.8. The summed E-state index contributed by atoms with van der Waals surface area (Å²) in [5.41, 5.74) is 0.431. The fraction of sp³-hybridized carbons (Fsp3) is 0.364. The maximum atomic E-state index is 10.4. The van der Waals surface area contributed by atoms with E-state index in [9.17, 15) is 40.9 Å². The molecule has 1 unspecified atom stereocenters. The number of phenols is 4. The molecule has 9 N–H and O–H groups in total. The van der Waals surface area contributed by atoms with Crippen molar-refractivity contribution >= 4 is 6.08 Å². The van der Waals surface area contributed by atoms with Crippen LogP contribution in [0.15, 0.2) is 30.0 Å². The average molecular weight is 481 g/mol. The Morgan fingerprint density at radius 1 is 0.941 bits per heavy atom. The molecule has 0 bridgehead atoms. The first kappa shape index (κ1) is 23.7. The van der Waals surface area contributed by atoms with E-state index >= 15 is 0 Å². The molecule has 1 fully saturated rings. The summed E-state index contributed by atoms with van der Waals surface area (Å²) in [7, 11) is 1.28. The van der Waals surface area contributed by atoms with E-state index in [0.717, 1.165) is 6.07 Å². The third kappa shape index (κ3) is 4.13. The van der Waals surface area contributed by atoms with Crippen LogP contribution in [-0.4, -0.2) is 90.0 Å². The van der Waals surface area contributed by atoms with E-state index in [0.29, 0.717) is 0 Å². The smallest absolute Gasteiger partial charge is 0.270 e. The summed E-state index contributed by atoms with van der Waals surface area (Å²) in [5, 5.41) is 80.2. The van der Waals surface area contributed by atoms with Gasteiger partial charge in [-0.2, -0.15) is 0 Å². The molecule has 0 aliphatic carbocycles. The average Bonchev–Trinajstić information content (AvgIpc) is 2.81. The Morgan fingerprint density at radius 3 is 2.35 bits per heavy atom. The van der Waals surface area contributed by atoms with Gasteiger partial charge in [0.2, 0.25) is 12.0 Å². The monoisotopic (exact) mass is 481 g/mol. The molecule has 0 saturated carbocycles. The van der Waals surface area contributed by atoms with Crippen LogP contribution in [0.2, 0.25) is 0 Å². The van der Waals surface area contributed by atoms with Crippen molar-refractivity contribution < 1.29 is 59.8 Å². The van der Waals surface area contributed by atoms with Gasteiger partial charge in [0.25, 0.3) is 11.9 Å². The number of aromatic hydroxyl groups is 5. The van der Waals surface area contributed by atoms with Crippen LogP contribution in [0.1, 0.15) is 17.2 Å². The number of hydrogen-bond donors (Lipinski definition) is 8. The highest BCUT2D eigenvalue weighted by Crippen LogP contribution is 2.47. The summed E-state index contributed by atoms with van der Waals surface area (Å²) in [6.45, 7) is -0.663. The highest BCUT2D eigenvalue weighted by molar-refractivity contribution is 5.69. The van der Waals surface area contributed by atoms with Crippen molar-refractivity contribution in [3.8, 4) is 34.5 Å². The normalized spacial score (nSPS) is 28.4. The van der Waals surface area contributed by atoms with Gasteiger partial charge < -0.3 is 59.8 Å². The number of aliphatic hydroxyl groups is 5. The predicted molar refractivity (Wildman–Crippen MR) is 113 cm³/mol. The highest BCUT2D eigenvalue weighted by atomic mass is 16.7. The van der Waals surface area contributed by atoms with Crippen molar-refractivity contribution in [3.63, 3.8) is 0 Å². The van der Waals surface area contributed by atoms with E-state index < -0.39 is 54.9 Å². The van der Waals surface area contributed by atoms with Crippen LogP contribution in [0.25, 0.3) is 6.08 Å². The van der Waals surface area contributed by atoms with Crippen molar-refractivity contribution in [1.82, 2.24) is 0 Å². The summed E-state index contributed by atoms with van der Waals surface area (Å²) >= 11 is 0. The van der Waals surface area contributed by atoms with Crippen molar-refractivity contribution in [2.24, 2.45) is 0 Å². The first-order chi connectivity index (χ1) is 16.1. The van der Waals surface area contributed by atoms with Crippen LogP contribution in [0.5, 0.6) is 34.5 Å². The number of phenolic OH excluding ortho intramolecular Hbond substituents is 4. The number of aliphatic hydroxyl groups excluding tert-OH is 4. The summed E-state index contributed by atoms with van der Waals surface area (Å²) in [4.78, 5) is 0. The number of rotatable bonds is 5. The lowest BCUT2D eigenvalue weighted by Crippen LogP contribution is -2.59. The molecule has 0 aromatic heterocycles. The van der Waals surface area contributed by atoms with Crippen molar-refractivity contribution in [3.05, 3.63) is 41.2 Å². The van der Waals surface area contributed by atoms with Crippen molar-refractivity contribution in [1.29, 1.82) is 0 Å². The van der Waals surface area contributed by atoms with Crippen molar-refractivity contribution in [2.45, 2.75) is 36.8 Å². The standard InChI is InChI=1S/C22H24O12/c1-31-14-3-8(2-12(26)17(14)27)21-15(6-10-11(25)4-9(24)5-13(10)32-21)33-22-20(30)19(29)18(28)16(7-23)34-22/h2-6,16,18-30H,7H2,1H3/p+1/t16-,18+,19+,20-,21?,22-/m1/s1. The van der Waals surface area contributed by atoms with Gasteiger partial charge in [0.15, 0.2) is 17.3 Å². The van der Waals surface area contributed by atoms with E-state index in [-0.39, 0.29) is 39.9 Å². The molecular weight excluding hydrogens is 456 g/mol. The number of fused-ring (bicyclic) bond motifs is 1. The summed E-state index contributed by atoms with van der Waals surface area (Å²) in [6, 6.07) is 4.96. The van der Waals surface area contributed by atoms with E-state index in [1.165, 1.54) is 31.4 Å². The van der Waals surface area contributed by atoms with Crippen LogP contribution in [0.4, 0.5) is 0 Å². The maximum Gasteiger partial charge on any atom is 0.270 e. The second-order valence-electron chi connectivity index (χ2n) is 7.88. The summed E-state index contributed by atoms with van der Waals surface area (Å²) in [5.74, 6) is -1.50. The summed E-state index contributed by atoms with van der Waals surface area (Å²) in [6.07, 6.45) is -7.46. The van der Waals surface area contributed by atoms with E-state index in [4.69, 9.17) is 14.2 Å². The molecule has 12 heteroatoms. The number of ether oxygens (including phenoxy) is 4. The zero-order valence-electron chi connectivity index (χ0n) is 17.8. The number of methoxy groups -OCH3 is 1. The molecule has 0 radical (unpaired) electrons. The zero-order valence-corrected chi connectivity index (χ0v) is 17.8. The van der Waals surface area contributed by atoms with Gasteiger partial charge >= 0.3 is 0 Å². The molecule has 4 rings (SSSR count). The largest absolute Gasteiger partial charge is 0.571 e. The molecular formula is C22H25O12+. The minimum atomic E-state index is -1.71. The molecule has 2 aliphatic heterocycles. The van der Waals surface area contributed by atoms with Crippen molar-refractivity contribution in [2.75, 3.05) is 13.7 Å². The van der Waals surface area contributed by atoms with Crippen LogP contribution in [0.3, 0.4) is 0 Å². The Bertz CT molecular complexity index is 1100. The van der Waals surface area contributed by atoms with Gasteiger partial charge in [0, 0.05) is 12.1 Å². The van der Waals surface area contributed by atoms with Crippen LogP contribution >= 0.6 is 0 Å². The minimum absolute atomic E-state index is 0.0232. The van der Waals surface area contributed by atoms with Gasteiger partial charge in [-0.25, -0.2) is 0 Å². The van der Waals surface area contributed by atoms with Crippen LogP contribution < -0.4 is 4.74 Å². The second-order valence-corrected chi connectivity index (χ2v) is 7.88. The number of benzene rings is 2. The molecule has 6 atom stereocenters. The third-order valence-electron chi connectivity index (χ3n) is 5.66. The van der Waals surface area contributed by atoms with Crippen LogP contribution in [0, 0.1) is 0 Å². The Morgan fingerprint density at radius 2 is 1.68 bits per heavy atom. The first-order valence-electron chi connectivity index (χ1n) is 10.2. The van der Waals surface area contributed by atoms with Gasteiger partial charge in [0.05, 0.1) is 25.3 Å². The molecule has 2 aliphatic rings. The predicted octanol–water partition coefficient (Wildman–Crippen LogP) is -0.329. The topological polar surface area (TPSA) is 202 Å². The van der Waals surface area contributed by atoms with Gasteiger partial charge in [0.1, 0.15) is 41.5 Å². The lowest BCUT2D eigenvalue weighted by molar-refractivity contribution is -0.295. The van der Waals surface area contributed by atoms with E-state index in [2.05, 4.69) is 4.74 Å². The Labute approximate surface area is 192 Å². The molecule has 1 saturated heterocycles. The van der Waals surface area contributed by atoms with Gasteiger partial charge in [-0.05, 0) is 12.1 Å². The minimum Gasteiger partial charge on any atom is -0.571 e. The number of hydrogen-bond acceptors (Lipinski definition) is 11. The highest BCUT2D eigenvalue weighted by Gasteiger charge is 2.46.